The first-order valence-corrected chi connectivity index (χ1v) is 3.31. The van der Waals surface area contributed by atoms with Crippen LogP contribution in [0, 0.1) is 11.3 Å². The van der Waals surface area contributed by atoms with Gasteiger partial charge in [0.05, 0.1) is 0 Å². The van der Waals surface area contributed by atoms with Crippen LogP contribution in [-0.2, 0) is 0 Å². The number of nitrogens with zero attached hydrogens (tertiary/aromatic N) is 1. The lowest BCUT2D eigenvalue weighted by molar-refractivity contribution is 1.52. The highest BCUT2D eigenvalue weighted by Crippen LogP contribution is 2.15. The minimum Gasteiger partial charge on any atom is -0.192 e. The Morgan fingerprint density at radius 3 is 2.78 bits per heavy atom. The van der Waals surface area contributed by atoms with Crippen molar-refractivity contribution in [3.8, 4) is 6.07 Å². The first-order valence-electron chi connectivity index (χ1n) is 2.49. The third-order valence-electron chi connectivity index (χ3n) is 0.938. The molecule has 0 amide bonds. The van der Waals surface area contributed by atoms with Crippen molar-refractivity contribution in [3.63, 3.8) is 0 Å². The van der Waals surface area contributed by atoms with Crippen LogP contribution in [0.4, 0.5) is 0 Å². The van der Waals surface area contributed by atoms with Gasteiger partial charge in [0.2, 0.25) is 0 Å². The van der Waals surface area contributed by atoms with Gasteiger partial charge < -0.3 is 0 Å². The van der Waals surface area contributed by atoms with Gasteiger partial charge in [0.25, 0.3) is 0 Å². The van der Waals surface area contributed by atoms with Crippen molar-refractivity contribution in [3.05, 3.63) is 28.5 Å². The molecule has 2 heteroatoms. The minimum absolute atomic E-state index is 0.741. The number of nitriles is 1. The van der Waals surface area contributed by atoms with Crippen LogP contribution in [0.3, 0.4) is 0 Å². The van der Waals surface area contributed by atoms with E-state index in [1.807, 2.05) is 6.07 Å². The van der Waals surface area contributed by atoms with Gasteiger partial charge in [0.15, 0.2) is 0 Å². The second-order valence-corrected chi connectivity index (χ2v) is 2.63. The van der Waals surface area contributed by atoms with Crippen molar-refractivity contribution in [1.82, 2.24) is 0 Å². The standard InChI is InChI=1S/C7H5NS/c1-2-6-3-4-7(5-8)9-6/h2-4H,1H2. The lowest BCUT2D eigenvalue weighted by atomic mass is 10.4. The summed E-state index contributed by atoms with van der Waals surface area (Å²) in [5.41, 5.74) is 0. The zero-order chi connectivity index (χ0) is 6.69. The third-order valence-corrected chi connectivity index (χ3v) is 1.92. The van der Waals surface area contributed by atoms with Crippen molar-refractivity contribution in [2.75, 3.05) is 0 Å². The Hall–Kier alpha value is -1.07. The van der Waals surface area contributed by atoms with Crippen LogP contribution < -0.4 is 0 Å². The average Bonchev–Trinajstić information content (AvgIpc) is 2.34. The smallest absolute Gasteiger partial charge is 0.110 e. The molecule has 0 atom stereocenters. The van der Waals surface area contributed by atoms with Gasteiger partial charge in [-0.2, -0.15) is 5.26 Å². The van der Waals surface area contributed by atoms with Gasteiger partial charge in [0, 0.05) is 4.88 Å². The summed E-state index contributed by atoms with van der Waals surface area (Å²) in [7, 11) is 0. The Morgan fingerprint density at radius 2 is 2.44 bits per heavy atom. The fourth-order valence-corrected chi connectivity index (χ4v) is 1.18. The monoisotopic (exact) mass is 135 g/mol. The molecule has 9 heavy (non-hydrogen) atoms. The maximum absolute atomic E-state index is 8.37. The molecule has 1 heterocycles. The summed E-state index contributed by atoms with van der Waals surface area (Å²) < 4.78 is 0. The third kappa shape index (κ3) is 1.18. The lowest BCUT2D eigenvalue weighted by Crippen LogP contribution is -1.50. The summed E-state index contributed by atoms with van der Waals surface area (Å²) in [6, 6.07) is 5.73. The summed E-state index contributed by atoms with van der Waals surface area (Å²) in [5, 5.41) is 8.37. The van der Waals surface area contributed by atoms with Crippen LogP contribution in [0.25, 0.3) is 6.08 Å². The van der Waals surface area contributed by atoms with E-state index < -0.39 is 0 Å². The highest BCUT2D eigenvalue weighted by atomic mass is 32.1. The zero-order valence-electron chi connectivity index (χ0n) is 4.79. The molecule has 1 rings (SSSR count). The number of rotatable bonds is 1. The zero-order valence-corrected chi connectivity index (χ0v) is 5.61. The first kappa shape index (κ1) is 6.06. The van der Waals surface area contributed by atoms with E-state index in [9.17, 15) is 0 Å². The summed E-state index contributed by atoms with van der Waals surface area (Å²) in [6.07, 6.45) is 1.74. The van der Waals surface area contributed by atoms with Crippen molar-refractivity contribution in [2.45, 2.75) is 0 Å². The number of thiophene rings is 1. The van der Waals surface area contributed by atoms with E-state index >= 15 is 0 Å². The molecule has 1 aromatic rings. The van der Waals surface area contributed by atoms with Gasteiger partial charge in [-0.1, -0.05) is 12.7 Å². The SMILES string of the molecule is C=Cc1ccc(C#N)s1. The second kappa shape index (κ2) is 2.47. The molecule has 0 aliphatic rings. The van der Waals surface area contributed by atoms with Crippen LogP contribution in [0.5, 0.6) is 0 Å². The second-order valence-electron chi connectivity index (χ2n) is 1.52. The maximum Gasteiger partial charge on any atom is 0.110 e. The van der Waals surface area contributed by atoms with E-state index in [2.05, 4.69) is 12.6 Å². The van der Waals surface area contributed by atoms with Crippen LogP contribution in [0.2, 0.25) is 0 Å². The summed E-state index contributed by atoms with van der Waals surface area (Å²) in [6.45, 7) is 3.58. The van der Waals surface area contributed by atoms with Crippen molar-refractivity contribution in [1.29, 1.82) is 5.26 Å². The maximum atomic E-state index is 8.37. The van der Waals surface area contributed by atoms with Crippen LogP contribution in [0.1, 0.15) is 9.75 Å². The molecule has 0 saturated carbocycles. The van der Waals surface area contributed by atoms with E-state index in [0.29, 0.717) is 0 Å². The van der Waals surface area contributed by atoms with Gasteiger partial charge in [-0.3, -0.25) is 0 Å². The van der Waals surface area contributed by atoms with Gasteiger partial charge >= 0.3 is 0 Å². The van der Waals surface area contributed by atoms with Crippen LogP contribution >= 0.6 is 11.3 Å². The number of hydrogen-bond acceptors (Lipinski definition) is 2. The molecule has 0 aromatic carbocycles. The largest absolute Gasteiger partial charge is 0.192 e. The fraction of sp³-hybridized carbons (Fsp3) is 0. The molecule has 0 radical (unpaired) electrons. The van der Waals surface area contributed by atoms with E-state index in [0.717, 1.165) is 9.75 Å². The molecule has 0 unspecified atom stereocenters. The molecule has 0 saturated heterocycles. The molecular formula is C7H5NS. The normalized spacial score (nSPS) is 8.33. The Balaban J connectivity index is 3.03. The number of hydrogen-bond donors (Lipinski definition) is 0. The van der Waals surface area contributed by atoms with Crippen LogP contribution in [0.15, 0.2) is 18.7 Å². The van der Waals surface area contributed by atoms with Gasteiger partial charge in [-0.25, -0.2) is 0 Å². The van der Waals surface area contributed by atoms with E-state index in [-0.39, 0.29) is 0 Å². The molecule has 0 fully saturated rings. The molecule has 1 aromatic heterocycles. The highest BCUT2D eigenvalue weighted by Gasteiger charge is 1.91. The Labute approximate surface area is 57.9 Å². The Kier molecular flexibility index (Phi) is 1.66. The van der Waals surface area contributed by atoms with Crippen molar-refractivity contribution >= 4 is 17.4 Å². The quantitative estimate of drug-likeness (QED) is 0.579. The predicted molar refractivity (Wildman–Crippen MR) is 39.1 cm³/mol. The highest BCUT2D eigenvalue weighted by molar-refractivity contribution is 7.13. The van der Waals surface area contributed by atoms with E-state index in [1.165, 1.54) is 11.3 Å². The molecular weight excluding hydrogens is 130 g/mol. The van der Waals surface area contributed by atoms with Gasteiger partial charge in [-0.15, -0.1) is 11.3 Å². The van der Waals surface area contributed by atoms with Gasteiger partial charge in [0.1, 0.15) is 10.9 Å². The first-order chi connectivity index (χ1) is 4.36. The molecule has 0 spiro atoms. The lowest BCUT2D eigenvalue weighted by Gasteiger charge is -1.73. The summed E-state index contributed by atoms with van der Waals surface area (Å²) in [4.78, 5) is 1.79. The van der Waals surface area contributed by atoms with Crippen LogP contribution in [-0.4, -0.2) is 0 Å². The summed E-state index contributed by atoms with van der Waals surface area (Å²) >= 11 is 1.45. The molecule has 0 N–H and O–H groups in total. The molecule has 0 aliphatic carbocycles. The van der Waals surface area contributed by atoms with Crippen molar-refractivity contribution in [2.24, 2.45) is 0 Å². The van der Waals surface area contributed by atoms with Crippen molar-refractivity contribution < 1.29 is 0 Å². The molecule has 1 nitrogen and oxygen atoms in total. The van der Waals surface area contributed by atoms with E-state index in [4.69, 9.17) is 5.26 Å². The predicted octanol–water partition coefficient (Wildman–Crippen LogP) is 2.26. The van der Waals surface area contributed by atoms with Gasteiger partial charge in [-0.05, 0) is 12.1 Å². The molecule has 44 valence electrons. The van der Waals surface area contributed by atoms with E-state index in [1.54, 1.807) is 12.1 Å². The topological polar surface area (TPSA) is 23.8 Å². The molecule has 0 bridgehead atoms. The Bertz CT molecular complexity index is 254. The summed E-state index contributed by atoms with van der Waals surface area (Å²) in [5.74, 6) is 0. The fourth-order valence-electron chi connectivity index (χ4n) is 0.523. The average molecular weight is 135 g/mol. The minimum atomic E-state index is 0.741. The molecule has 0 aliphatic heterocycles. The Morgan fingerprint density at radius 1 is 1.67 bits per heavy atom.